The number of para-hydroxylation sites is 2. The number of rotatable bonds is 2. The smallest absolute Gasteiger partial charge is 0.255 e. The molecule has 0 radical (unpaired) electrons. The molecule has 5 nitrogen and oxygen atoms in total. The van der Waals surface area contributed by atoms with E-state index in [0.717, 1.165) is 35.5 Å². The van der Waals surface area contributed by atoms with E-state index in [1.807, 2.05) is 42.5 Å². The summed E-state index contributed by atoms with van der Waals surface area (Å²) in [7, 11) is 1.65. The molecule has 2 aliphatic rings. The van der Waals surface area contributed by atoms with Gasteiger partial charge in [-0.3, -0.25) is 4.79 Å². The SMILES string of the molecule is COc1ccccc1[C@@H]1NC(=O)c2cccc3c2N1CC[C@H]3N. The van der Waals surface area contributed by atoms with Crippen molar-refractivity contribution in [1.29, 1.82) is 0 Å². The molecule has 0 bridgehead atoms. The second kappa shape index (κ2) is 5.28. The van der Waals surface area contributed by atoms with Crippen molar-refractivity contribution < 1.29 is 9.53 Å². The van der Waals surface area contributed by atoms with E-state index in [1.54, 1.807) is 7.11 Å². The molecule has 0 saturated carbocycles. The van der Waals surface area contributed by atoms with E-state index in [2.05, 4.69) is 10.2 Å². The highest BCUT2D eigenvalue weighted by Gasteiger charge is 2.37. The highest BCUT2D eigenvalue weighted by molar-refractivity contribution is 6.03. The van der Waals surface area contributed by atoms with Gasteiger partial charge < -0.3 is 20.7 Å². The normalized spacial score (nSPS) is 22.3. The Morgan fingerprint density at radius 2 is 1.96 bits per heavy atom. The number of carbonyl (C=O) groups excluding carboxylic acids is 1. The topological polar surface area (TPSA) is 67.6 Å². The van der Waals surface area contributed by atoms with Crippen LogP contribution in [0.15, 0.2) is 42.5 Å². The first-order valence-electron chi connectivity index (χ1n) is 7.79. The van der Waals surface area contributed by atoms with Crippen LogP contribution in [0.25, 0.3) is 0 Å². The summed E-state index contributed by atoms with van der Waals surface area (Å²) >= 11 is 0. The maximum atomic E-state index is 12.6. The third-order valence-electron chi connectivity index (χ3n) is 4.69. The summed E-state index contributed by atoms with van der Waals surface area (Å²) in [5.41, 5.74) is 9.92. The molecule has 1 amide bonds. The third-order valence-corrected chi connectivity index (χ3v) is 4.69. The number of methoxy groups -OCH3 is 1. The Morgan fingerprint density at radius 3 is 2.78 bits per heavy atom. The van der Waals surface area contributed by atoms with Crippen molar-refractivity contribution in [3.05, 3.63) is 59.2 Å². The van der Waals surface area contributed by atoms with E-state index in [1.165, 1.54) is 0 Å². The fraction of sp³-hybridized carbons (Fsp3) is 0.278. The zero-order chi connectivity index (χ0) is 16.0. The number of carbonyl (C=O) groups is 1. The quantitative estimate of drug-likeness (QED) is 0.893. The second-order valence-corrected chi connectivity index (χ2v) is 5.95. The summed E-state index contributed by atoms with van der Waals surface area (Å²) in [6.07, 6.45) is 0.623. The van der Waals surface area contributed by atoms with Gasteiger partial charge in [-0.25, -0.2) is 0 Å². The maximum Gasteiger partial charge on any atom is 0.255 e. The van der Waals surface area contributed by atoms with Crippen molar-refractivity contribution in [2.45, 2.75) is 18.6 Å². The lowest BCUT2D eigenvalue weighted by molar-refractivity contribution is 0.0924. The van der Waals surface area contributed by atoms with E-state index >= 15 is 0 Å². The molecule has 2 heterocycles. The molecule has 4 rings (SSSR count). The van der Waals surface area contributed by atoms with Crippen molar-refractivity contribution in [2.24, 2.45) is 5.73 Å². The van der Waals surface area contributed by atoms with Gasteiger partial charge in [0.25, 0.3) is 5.91 Å². The van der Waals surface area contributed by atoms with Crippen LogP contribution >= 0.6 is 0 Å². The van der Waals surface area contributed by atoms with Crippen LogP contribution in [0.3, 0.4) is 0 Å². The van der Waals surface area contributed by atoms with Crippen molar-refractivity contribution in [1.82, 2.24) is 5.32 Å². The lowest BCUT2D eigenvalue weighted by Gasteiger charge is -2.44. The molecule has 2 aromatic carbocycles. The van der Waals surface area contributed by atoms with Crippen LogP contribution in [0.4, 0.5) is 5.69 Å². The summed E-state index contributed by atoms with van der Waals surface area (Å²) in [5, 5.41) is 3.11. The molecule has 0 fully saturated rings. The largest absolute Gasteiger partial charge is 0.496 e. The molecule has 23 heavy (non-hydrogen) atoms. The van der Waals surface area contributed by atoms with Crippen LogP contribution in [0, 0.1) is 0 Å². The van der Waals surface area contributed by atoms with Gasteiger partial charge >= 0.3 is 0 Å². The Hall–Kier alpha value is -2.53. The van der Waals surface area contributed by atoms with Crippen LogP contribution in [-0.2, 0) is 0 Å². The van der Waals surface area contributed by atoms with Crippen LogP contribution in [0.2, 0.25) is 0 Å². The highest BCUT2D eigenvalue weighted by Crippen LogP contribution is 2.43. The van der Waals surface area contributed by atoms with Gasteiger partial charge in [-0.05, 0) is 24.1 Å². The van der Waals surface area contributed by atoms with Gasteiger partial charge in [0, 0.05) is 18.2 Å². The molecule has 5 heteroatoms. The number of hydrogen-bond donors (Lipinski definition) is 2. The fourth-order valence-electron chi connectivity index (χ4n) is 3.59. The van der Waals surface area contributed by atoms with Gasteiger partial charge in [0.05, 0.1) is 18.4 Å². The molecule has 118 valence electrons. The number of ether oxygens (including phenoxy) is 1. The first-order chi connectivity index (χ1) is 11.2. The van der Waals surface area contributed by atoms with E-state index in [4.69, 9.17) is 10.5 Å². The Bertz CT molecular complexity index is 775. The van der Waals surface area contributed by atoms with Crippen molar-refractivity contribution in [2.75, 3.05) is 18.6 Å². The molecule has 2 aromatic rings. The molecule has 2 aliphatic heterocycles. The summed E-state index contributed by atoms with van der Waals surface area (Å²) < 4.78 is 5.48. The number of nitrogens with one attached hydrogen (secondary N) is 1. The van der Waals surface area contributed by atoms with Gasteiger partial charge in [-0.2, -0.15) is 0 Å². The first-order valence-corrected chi connectivity index (χ1v) is 7.79. The fourth-order valence-corrected chi connectivity index (χ4v) is 3.59. The molecule has 0 aliphatic carbocycles. The monoisotopic (exact) mass is 309 g/mol. The standard InChI is InChI=1S/C18H19N3O2/c1-23-15-8-3-2-5-12(15)17-20-18(22)13-7-4-6-11-14(19)9-10-21(17)16(11)13/h2-8,14,17H,9-10,19H2,1H3,(H,20,22)/t14-,17-/m1/s1. The lowest BCUT2D eigenvalue weighted by atomic mass is 9.90. The molecule has 0 spiro atoms. The van der Waals surface area contributed by atoms with Gasteiger partial charge in [0.2, 0.25) is 0 Å². The number of hydrogen-bond acceptors (Lipinski definition) is 4. The Kier molecular flexibility index (Phi) is 3.23. The van der Waals surface area contributed by atoms with Gasteiger partial charge in [-0.15, -0.1) is 0 Å². The average molecular weight is 309 g/mol. The molecule has 3 N–H and O–H groups in total. The van der Waals surface area contributed by atoms with Gasteiger partial charge in [-0.1, -0.05) is 30.3 Å². The number of anilines is 1. The second-order valence-electron chi connectivity index (χ2n) is 5.95. The summed E-state index contributed by atoms with van der Waals surface area (Å²) in [4.78, 5) is 14.8. The van der Waals surface area contributed by atoms with Gasteiger partial charge in [0.15, 0.2) is 0 Å². The number of benzene rings is 2. The van der Waals surface area contributed by atoms with E-state index in [0.29, 0.717) is 5.56 Å². The summed E-state index contributed by atoms with van der Waals surface area (Å²) in [5.74, 6) is 0.705. The predicted octanol–water partition coefficient (Wildman–Crippen LogP) is 2.35. The van der Waals surface area contributed by atoms with Crippen LogP contribution in [0.1, 0.15) is 40.1 Å². The van der Waals surface area contributed by atoms with E-state index < -0.39 is 0 Å². The zero-order valence-electron chi connectivity index (χ0n) is 13.0. The van der Waals surface area contributed by atoms with Crippen LogP contribution < -0.4 is 20.7 Å². The van der Waals surface area contributed by atoms with Crippen molar-refractivity contribution in [3.8, 4) is 5.75 Å². The summed E-state index contributed by atoms with van der Waals surface area (Å²) in [6, 6.07) is 13.6. The Labute approximate surface area is 135 Å². The molecule has 0 aromatic heterocycles. The van der Waals surface area contributed by atoms with E-state index in [9.17, 15) is 4.79 Å². The lowest BCUT2D eigenvalue weighted by Crippen LogP contribution is -2.49. The van der Waals surface area contributed by atoms with Crippen LogP contribution in [-0.4, -0.2) is 19.6 Å². The number of nitrogens with zero attached hydrogens (tertiary/aromatic N) is 1. The van der Waals surface area contributed by atoms with Gasteiger partial charge in [0.1, 0.15) is 11.9 Å². The molecular formula is C18H19N3O2. The first kappa shape index (κ1) is 14.1. The minimum Gasteiger partial charge on any atom is -0.496 e. The Balaban J connectivity index is 1.88. The predicted molar refractivity (Wildman–Crippen MR) is 88.5 cm³/mol. The Morgan fingerprint density at radius 1 is 1.17 bits per heavy atom. The number of amides is 1. The maximum absolute atomic E-state index is 12.6. The van der Waals surface area contributed by atoms with Crippen molar-refractivity contribution >= 4 is 11.6 Å². The summed E-state index contributed by atoms with van der Waals surface area (Å²) in [6.45, 7) is 0.800. The molecule has 2 atom stereocenters. The molecule has 0 unspecified atom stereocenters. The van der Waals surface area contributed by atoms with Crippen LogP contribution in [0.5, 0.6) is 5.75 Å². The van der Waals surface area contributed by atoms with E-state index in [-0.39, 0.29) is 18.1 Å². The minimum atomic E-state index is -0.236. The molecular weight excluding hydrogens is 290 g/mol. The third kappa shape index (κ3) is 2.08. The average Bonchev–Trinajstić information content (AvgIpc) is 2.60. The zero-order valence-corrected chi connectivity index (χ0v) is 13.0. The highest BCUT2D eigenvalue weighted by atomic mass is 16.5. The number of nitrogens with two attached hydrogens (primary N) is 1. The minimum absolute atomic E-state index is 0.0228. The molecule has 0 saturated heterocycles. The van der Waals surface area contributed by atoms with Crippen molar-refractivity contribution in [3.63, 3.8) is 0 Å².